The van der Waals surface area contributed by atoms with E-state index in [9.17, 15) is 0 Å². The van der Waals surface area contributed by atoms with Crippen molar-refractivity contribution in [3.63, 3.8) is 0 Å². The molecule has 2 atom stereocenters. The minimum Gasteiger partial charge on any atom is -0.374 e. The minimum atomic E-state index is -0.123. The van der Waals surface area contributed by atoms with E-state index < -0.39 is 0 Å². The summed E-state index contributed by atoms with van der Waals surface area (Å²) in [6.45, 7) is 4.99. The van der Waals surface area contributed by atoms with Crippen molar-refractivity contribution in [3.05, 3.63) is 16.4 Å². The largest absolute Gasteiger partial charge is 0.374 e. The van der Waals surface area contributed by atoms with Gasteiger partial charge in [-0.3, -0.25) is 4.68 Å². The lowest BCUT2D eigenvalue weighted by atomic mass is 10.1. The Kier molecular flexibility index (Phi) is 4.52. The maximum Gasteiger partial charge on any atom is 0.0873 e. The Hall–Kier alpha value is -0.0400. The van der Waals surface area contributed by atoms with Crippen molar-refractivity contribution in [2.75, 3.05) is 18.1 Å². The lowest BCUT2D eigenvalue weighted by Crippen LogP contribution is -2.36. The maximum absolute atomic E-state index is 6.32. The molecule has 0 aliphatic carbocycles. The smallest absolute Gasteiger partial charge is 0.0873 e. The van der Waals surface area contributed by atoms with Gasteiger partial charge in [0.05, 0.1) is 35.1 Å². The highest BCUT2D eigenvalue weighted by Gasteiger charge is 2.28. The summed E-state index contributed by atoms with van der Waals surface area (Å²) in [7, 11) is 0. The fourth-order valence-electron chi connectivity index (χ4n) is 1.96. The van der Waals surface area contributed by atoms with Gasteiger partial charge in [0.2, 0.25) is 0 Å². The van der Waals surface area contributed by atoms with Crippen LogP contribution in [-0.2, 0) is 4.74 Å². The van der Waals surface area contributed by atoms with E-state index in [1.807, 2.05) is 22.6 Å². The van der Waals surface area contributed by atoms with Crippen molar-refractivity contribution in [1.82, 2.24) is 9.78 Å². The summed E-state index contributed by atoms with van der Waals surface area (Å²) < 4.78 is 8.69. The van der Waals surface area contributed by atoms with Gasteiger partial charge in [0.1, 0.15) is 0 Å². The van der Waals surface area contributed by atoms with Gasteiger partial charge in [0.15, 0.2) is 0 Å². The van der Waals surface area contributed by atoms with Crippen LogP contribution in [0.1, 0.15) is 31.6 Å². The first-order valence-corrected chi connectivity index (χ1v) is 7.74. The molecule has 2 heterocycles. The molecule has 1 aromatic heterocycles. The van der Waals surface area contributed by atoms with E-state index in [-0.39, 0.29) is 12.1 Å². The summed E-state index contributed by atoms with van der Waals surface area (Å²) in [6.07, 6.45) is 1.89. The molecule has 96 valence electrons. The van der Waals surface area contributed by atoms with E-state index in [2.05, 4.69) is 34.9 Å². The quantitative estimate of drug-likeness (QED) is 0.929. The second-order valence-electron chi connectivity index (χ2n) is 4.43. The Labute approximate surface area is 114 Å². The van der Waals surface area contributed by atoms with Gasteiger partial charge in [-0.1, -0.05) is 0 Å². The number of halogens is 1. The number of hydrogen-bond donors (Lipinski definition) is 1. The Balaban J connectivity index is 2.22. The average Bonchev–Trinajstić information content (AvgIpc) is 2.71. The van der Waals surface area contributed by atoms with Crippen LogP contribution >= 0.6 is 27.7 Å². The molecule has 2 unspecified atom stereocenters. The van der Waals surface area contributed by atoms with Crippen LogP contribution in [0.2, 0.25) is 0 Å². The number of rotatable bonds is 3. The van der Waals surface area contributed by atoms with Crippen LogP contribution in [0.15, 0.2) is 10.7 Å². The van der Waals surface area contributed by atoms with Crippen molar-refractivity contribution in [2.45, 2.75) is 32.0 Å². The zero-order valence-electron chi connectivity index (χ0n) is 10.1. The second-order valence-corrected chi connectivity index (χ2v) is 6.43. The molecule has 2 rings (SSSR count). The summed E-state index contributed by atoms with van der Waals surface area (Å²) in [5, 5.41) is 4.36. The van der Waals surface area contributed by atoms with Gasteiger partial charge < -0.3 is 10.5 Å². The molecule has 1 aromatic rings. The summed E-state index contributed by atoms with van der Waals surface area (Å²) in [5.41, 5.74) is 7.36. The van der Waals surface area contributed by atoms with Gasteiger partial charge in [0, 0.05) is 17.5 Å². The normalized spacial score (nSPS) is 23.0. The lowest BCUT2D eigenvalue weighted by molar-refractivity contribution is 0.0544. The zero-order valence-corrected chi connectivity index (χ0v) is 12.5. The third kappa shape index (κ3) is 2.86. The van der Waals surface area contributed by atoms with E-state index in [1.54, 1.807) is 0 Å². The third-order valence-corrected chi connectivity index (χ3v) is 4.46. The van der Waals surface area contributed by atoms with Crippen LogP contribution in [0.25, 0.3) is 0 Å². The average molecular weight is 320 g/mol. The van der Waals surface area contributed by atoms with Crippen molar-refractivity contribution in [3.8, 4) is 0 Å². The number of aromatic nitrogens is 2. The molecule has 4 nitrogen and oxygen atoms in total. The van der Waals surface area contributed by atoms with Crippen LogP contribution in [0.4, 0.5) is 0 Å². The molecule has 1 saturated heterocycles. The first kappa shape index (κ1) is 13.4. The molecule has 0 amide bonds. The van der Waals surface area contributed by atoms with Gasteiger partial charge >= 0.3 is 0 Å². The van der Waals surface area contributed by atoms with Gasteiger partial charge in [-0.25, -0.2) is 0 Å². The van der Waals surface area contributed by atoms with E-state index in [0.717, 1.165) is 28.3 Å². The SMILES string of the molecule is CC(C)n1ncc(Br)c1C(N)C1CSCCO1. The predicted octanol–water partition coefficient (Wildman–Crippen LogP) is 2.36. The highest BCUT2D eigenvalue weighted by atomic mass is 79.9. The highest BCUT2D eigenvalue weighted by molar-refractivity contribution is 9.10. The summed E-state index contributed by atoms with van der Waals surface area (Å²) in [4.78, 5) is 0. The third-order valence-electron chi connectivity index (χ3n) is 2.83. The molecular formula is C11H18BrN3OS. The molecule has 1 aliphatic heterocycles. The Morgan fingerprint density at radius 2 is 2.41 bits per heavy atom. The Morgan fingerprint density at radius 1 is 1.65 bits per heavy atom. The van der Waals surface area contributed by atoms with Crippen molar-refractivity contribution >= 4 is 27.7 Å². The second kappa shape index (κ2) is 5.73. The van der Waals surface area contributed by atoms with E-state index >= 15 is 0 Å². The summed E-state index contributed by atoms with van der Waals surface area (Å²) in [6, 6.07) is 0.181. The highest BCUT2D eigenvalue weighted by Crippen LogP contribution is 2.30. The van der Waals surface area contributed by atoms with E-state index in [0.29, 0.717) is 6.04 Å². The molecule has 0 radical (unpaired) electrons. The first-order chi connectivity index (χ1) is 8.11. The molecule has 0 spiro atoms. The fourth-order valence-corrected chi connectivity index (χ4v) is 3.42. The van der Waals surface area contributed by atoms with Crippen molar-refractivity contribution < 1.29 is 4.74 Å². The van der Waals surface area contributed by atoms with Crippen LogP contribution in [0.3, 0.4) is 0 Å². The molecule has 6 heteroatoms. The molecule has 1 aliphatic rings. The number of hydrogen-bond acceptors (Lipinski definition) is 4. The number of thioether (sulfide) groups is 1. The zero-order chi connectivity index (χ0) is 12.4. The molecule has 17 heavy (non-hydrogen) atoms. The van der Waals surface area contributed by atoms with Gasteiger partial charge in [0.25, 0.3) is 0 Å². The molecule has 1 fully saturated rings. The van der Waals surface area contributed by atoms with Crippen molar-refractivity contribution in [2.24, 2.45) is 5.73 Å². The van der Waals surface area contributed by atoms with Crippen LogP contribution in [0, 0.1) is 0 Å². The Morgan fingerprint density at radius 3 is 3.00 bits per heavy atom. The topological polar surface area (TPSA) is 53.1 Å². The minimum absolute atomic E-state index is 0.0826. The molecular weight excluding hydrogens is 302 g/mol. The van der Waals surface area contributed by atoms with E-state index in [4.69, 9.17) is 10.5 Å². The van der Waals surface area contributed by atoms with Crippen LogP contribution < -0.4 is 5.73 Å². The standard InChI is InChI=1S/C11H18BrN3OS/c1-7(2)15-11(8(12)5-14-15)10(13)9-6-17-4-3-16-9/h5,7,9-10H,3-4,6,13H2,1-2H3. The van der Waals surface area contributed by atoms with Crippen LogP contribution in [-0.4, -0.2) is 34.0 Å². The first-order valence-electron chi connectivity index (χ1n) is 5.79. The van der Waals surface area contributed by atoms with Gasteiger partial charge in [-0.15, -0.1) is 0 Å². The maximum atomic E-state index is 6.32. The number of nitrogens with zero attached hydrogens (tertiary/aromatic N) is 2. The predicted molar refractivity (Wildman–Crippen MR) is 74.3 cm³/mol. The summed E-state index contributed by atoms with van der Waals surface area (Å²) in [5.74, 6) is 2.02. The van der Waals surface area contributed by atoms with Gasteiger partial charge in [-0.2, -0.15) is 16.9 Å². The monoisotopic (exact) mass is 319 g/mol. The molecule has 0 saturated carbocycles. The molecule has 0 aromatic carbocycles. The van der Waals surface area contributed by atoms with E-state index in [1.165, 1.54) is 0 Å². The summed E-state index contributed by atoms with van der Waals surface area (Å²) >= 11 is 5.43. The fraction of sp³-hybridized carbons (Fsp3) is 0.727. The Bertz CT molecular complexity index is 377. The van der Waals surface area contributed by atoms with Crippen molar-refractivity contribution in [1.29, 1.82) is 0 Å². The molecule has 2 N–H and O–H groups in total. The number of ether oxygens (including phenoxy) is 1. The lowest BCUT2D eigenvalue weighted by Gasteiger charge is -2.28. The van der Waals surface area contributed by atoms with Gasteiger partial charge in [-0.05, 0) is 29.8 Å². The van der Waals surface area contributed by atoms with Crippen LogP contribution in [0.5, 0.6) is 0 Å². The number of nitrogens with two attached hydrogens (primary N) is 1. The molecule has 0 bridgehead atoms.